The second kappa shape index (κ2) is 5.30. The fraction of sp³-hybridized carbons (Fsp3) is 0.143. The molecule has 0 aliphatic carbocycles. The Balaban J connectivity index is 1.82. The molecule has 0 fully saturated rings. The molecule has 1 aliphatic rings. The van der Waals surface area contributed by atoms with Gasteiger partial charge in [-0.2, -0.15) is 0 Å². The number of carbonyl (C=O) groups is 2. The Morgan fingerprint density at radius 1 is 1.35 bits per heavy atom. The van der Waals surface area contributed by atoms with Gasteiger partial charge >= 0.3 is 0 Å². The molecule has 20 heavy (non-hydrogen) atoms. The number of benzene rings is 1. The maximum Gasteiger partial charge on any atom is 0.265 e. The molecule has 6 heteroatoms. The molecule has 0 atom stereocenters. The van der Waals surface area contributed by atoms with Crippen LogP contribution in [0, 0.1) is 6.92 Å². The van der Waals surface area contributed by atoms with Crippen LogP contribution >= 0.6 is 23.1 Å². The topological polar surface area (TPSA) is 58.2 Å². The fourth-order valence-electron chi connectivity index (χ4n) is 1.95. The fourth-order valence-corrected chi connectivity index (χ4v) is 3.56. The van der Waals surface area contributed by atoms with Crippen LogP contribution in [0.1, 0.15) is 15.2 Å². The van der Waals surface area contributed by atoms with E-state index >= 15 is 0 Å². The smallest absolute Gasteiger partial charge is 0.265 e. The van der Waals surface area contributed by atoms with Crippen molar-refractivity contribution in [3.63, 3.8) is 0 Å². The highest BCUT2D eigenvalue weighted by Gasteiger charge is 2.16. The molecule has 2 N–H and O–H groups in total. The minimum absolute atomic E-state index is 0.0138. The average molecular weight is 304 g/mol. The largest absolute Gasteiger partial charge is 0.324 e. The predicted molar refractivity (Wildman–Crippen MR) is 82.8 cm³/mol. The number of nitrogens with one attached hydrogen (secondary N) is 2. The van der Waals surface area contributed by atoms with E-state index in [1.165, 1.54) is 23.1 Å². The molecule has 4 nitrogen and oxygen atoms in total. The van der Waals surface area contributed by atoms with Crippen LogP contribution in [0.4, 0.5) is 11.4 Å². The van der Waals surface area contributed by atoms with Gasteiger partial charge in [-0.15, -0.1) is 23.1 Å². The molecule has 2 amide bonds. The lowest BCUT2D eigenvalue weighted by atomic mass is 10.2. The number of thiophene rings is 1. The van der Waals surface area contributed by atoms with Crippen molar-refractivity contribution in [3.8, 4) is 0 Å². The number of fused-ring (bicyclic) bond motifs is 1. The molecule has 0 saturated heterocycles. The maximum atomic E-state index is 12.1. The van der Waals surface area contributed by atoms with Gasteiger partial charge in [-0.25, -0.2) is 0 Å². The highest BCUT2D eigenvalue weighted by atomic mass is 32.2. The zero-order valence-electron chi connectivity index (χ0n) is 10.7. The summed E-state index contributed by atoms with van der Waals surface area (Å²) in [6.45, 7) is 1.91. The average Bonchev–Trinajstić information content (AvgIpc) is 2.84. The summed E-state index contributed by atoms with van der Waals surface area (Å²) in [5.41, 5.74) is 2.41. The van der Waals surface area contributed by atoms with E-state index in [-0.39, 0.29) is 11.8 Å². The summed E-state index contributed by atoms with van der Waals surface area (Å²) in [6.07, 6.45) is 0. The molecule has 102 valence electrons. The van der Waals surface area contributed by atoms with E-state index in [1.807, 2.05) is 30.5 Å². The Kier molecular flexibility index (Phi) is 3.50. The minimum atomic E-state index is -0.118. The Bertz CT molecular complexity index is 694. The van der Waals surface area contributed by atoms with Crippen LogP contribution in [-0.2, 0) is 4.79 Å². The molecular formula is C14H12N2O2S2. The summed E-state index contributed by atoms with van der Waals surface area (Å²) in [5, 5.41) is 7.57. The van der Waals surface area contributed by atoms with Gasteiger partial charge in [0.05, 0.1) is 16.3 Å². The first-order chi connectivity index (χ1) is 9.63. The molecule has 1 aromatic carbocycles. The highest BCUT2D eigenvalue weighted by molar-refractivity contribution is 8.00. The van der Waals surface area contributed by atoms with Gasteiger partial charge in [0.2, 0.25) is 5.91 Å². The number of aryl methyl sites for hydroxylation is 1. The monoisotopic (exact) mass is 304 g/mol. The lowest BCUT2D eigenvalue weighted by molar-refractivity contribution is -0.113. The molecule has 3 rings (SSSR count). The highest BCUT2D eigenvalue weighted by Crippen LogP contribution is 2.33. The number of hydrogen-bond donors (Lipinski definition) is 2. The molecule has 0 unspecified atom stereocenters. The van der Waals surface area contributed by atoms with Gasteiger partial charge in [0.25, 0.3) is 5.91 Å². The van der Waals surface area contributed by atoms with Gasteiger partial charge in [-0.05, 0) is 42.1 Å². The summed E-state index contributed by atoms with van der Waals surface area (Å²) >= 11 is 2.92. The summed E-state index contributed by atoms with van der Waals surface area (Å²) in [7, 11) is 0. The van der Waals surface area contributed by atoms with E-state index in [2.05, 4.69) is 10.6 Å². The quantitative estimate of drug-likeness (QED) is 0.894. The molecule has 1 aliphatic heterocycles. The van der Waals surface area contributed by atoms with E-state index in [9.17, 15) is 9.59 Å². The van der Waals surface area contributed by atoms with Crippen LogP contribution in [-0.4, -0.2) is 17.6 Å². The van der Waals surface area contributed by atoms with Crippen molar-refractivity contribution in [2.45, 2.75) is 11.8 Å². The van der Waals surface area contributed by atoms with Gasteiger partial charge in [-0.3, -0.25) is 9.59 Å². The SMILES string of the molecule is Cc1ccsc1C(=O)Nc1ccc2c(c1)NC(=O)CS2. The lowest BCUT2D eigenvalue weighted by Gasteiger charge is -2.17. The van der Waals surface area contributed by atoms with Gasteiger partial charge in [-0.1, -0.05) is 0 Å². The molecule has 2 aromatic rings. The normalized spacial score (nSPS) is 13.6. The van der Waals surface area contributed by atoms with Crippen LogP contribution in [0.5, 0.6) is 0 Å². The Hall–Kier alpha value is -1.79. The molecule has 1 aromatic heterocycles. The third kappa shape index (κ3) is 2.57. The summed E-state index contributed by atoms with van der Waals surface area (Å²) in [5.74, 6) is 0.305. The number of rotatable bonds is 2. The third-order valence-corrected chi connectivity index (χ3v) is 5.03. The van der Waals surface area contributed by atoms with E-state index < -0.39 is 0 Å². The number of anilines is 2. The molecule has 2 heterocycles. The Morgan fingerprint density at radius 3 is 2.95 bits per heavy atom. The second-order valence-electron chi connectivity index (χ2n) is 4.43. The Morgan fingerprint density at radius 2 is 2.20 bits per heavy atom. The summed E-state index contributed by atoms with van der Waals surface area (Å²) < 4.78 is 0. The predicted octanol–water partition coefficient (Wildman–Crippen LogP) is 3.35. The van der Waals surface area contributed by atoms with E-state index in [1.54, 1.807) is 6.07 Å². The molecule has 0 bridgehead atoms. The van der Waals surface area contributed by atoms with Crippen molar-refractivity contribution >= 4 is 46.3 Å². The number of amides is 2. The zero-order valence-corrected chi connectivity index (χ0v) is 12.4. The maximum absolute atomic E-state index is 12.1. The van der Waals surface area contributed by atoms with Gasteiger partial charge in [0, 0.05) is 10.6 Å². The number of thioether (sulfide) groups is 1. The van der Waals surface area contributed by atoms with Crippen molar-refractivity contribution < 1.29 is 9.59 Å². The van der Waals surface area contributed by atoms with Crippen molar-refractivity contribution in [3.05, 3.63) is 40.1 Å². The second-order valence-corrected chi connectivity index (χ2v) is 6.37. The van der Waals surface area contributed by atoms with Crippen molar-refractivity contribution in [2.75, 3.05) is 16.4 Å². The molecular weight excluding hydrogens is 292 g/mol. The third-order valence-electron chi connectivity index (χ3n) is 2.94. The van der Waals surface area contributed by atoms with Gasteiger partial charge in [0.1, 0.15) is 0 Å². The standard InChI is InChI=1S/C14H12N2O2S2/c1-8-4-5-19-13(8)14(18)15-9-2-3-11-10(6-9)16-12(17)7-20-11/h2-6H,7H2,1H3,(H,15,18)(H,16,17). The number of carbonyl (C=O) groups excluding carboxylic acids is 2. The van der Waals surface area contributed by atoms with Crippen LogP contribution in [0.15, 0.2) is 34.5 Å². The van der Waals surface area contributed by atoms with Crippen LogP contribution in [0.2, 0.25) is 0 Å². The number of hydrogen-bond acceptors (Lipinski definition) is 4. The van der Waals surface area contributed by atoms with Crippen molar-refractivity contribution in [2.24, 2.45) is 0 Å². The van der Waals surface area contributed by atoms with Crippen LogP contribution < -0.4 is 10.6 Å². The summed E-state index contributed by atoms with van der Waals surface area (Å²) in [4.78, 5) is 25.2. The lowest BCUT2D eigenvalue weighted by Crippen LogP contribution is -2.19. The van der Waals surface area contributed by atoms with Gasteiger partial charge < -0.3 is 10.6 Å². The van der Waals surface area contributed by atoms with Gasteiger partial charge in [0.15, 0.2) is 0 Å². The van der Waals surface area contributed by atoms with Crippen molar-refractivity contribution in [1.82, 2.24) is 0 Å². The van der Waals surface area contributed by atoms with Crippen molar-refractivity contribution in [1.29, 1.82) is 0 Å². The first-order valence-electron chi connectivity index (χ1n) is 6.05. The minimum Gasteiger partial charge on any atom is -0.324 e. The van der Waals surface area contributed by atoms with Crippen LogP contribution in [0.3, 0.4) is 0 Å². The first-order valence-corrected chi connectivity index (χ1v) is 7.92. The zero-order chi connectivity index (χ0) is 14.1. The molecule has 0 radical (unpaired) electrons. The first kappa shape index (κ1) is 13.2. The Labute approximate surface area is 124 Å². The summed E-state index contributed by atoms with van der Waals surface area (Å²) in [6, 6.07) is 7.48. The van der Waals surface area contributed by atoms with E-state index in [0.717, 1.165) is 16.1 Å². The van der Waals surface area contributed by atoms with Crippen LogP contribution in [0.25, 0.3) is 0 Å². The van der Waals surface area contributed by atoms with E-state index in [0.29, 0.717) is 16.3 Å². The molecule has 0 saturated carbocycles. The van der Waals surface area contributed by atoms with E-state index in [4.69, 9.17) is 0 Å². The molecule has 0 spiro atoms.